The van der Waals surface area contributed by atoms with Crippen molar-refractivity contribution in [1.82, 2.24) is 0 Å². The molecule has 0 amide bonds. The minimum Gasteiger partial charge on any atom is -0.228 e. The molecule has 24 heavy (non-hydrogen) atoms. The van der Waals surface area contributed by atoms with Crippen LogP contribution in [0.4, 0.5) is 0 Å². The van der Waals surface area contributed by atoms with Gasteiger partial charge in [-0.05, 0) is 38.5 Å². The second-order valence-corrected chi connectivity index (χ2v) is 9.10. The van der Waals surface area contributed by atoms with Crippen LogP contribution in [0.5, 0.6) is 0 Å². The summed E-state index contributed by atoms with van der Waals surface area (Å²) in [7, 11) is -3.47. The molecule has 0 spiro atoms. The van der Waals surface area contributed by atoms with Crippen molar-refractivity contribution in [3.63, 3.8) is 0 Å². The largest absolute Gasteiger partial charge is 0.228 e. The Morgan fingerprint density at radius 1 is 0.542 bits per heavy atom. The van der Waals surface area contributed by atoms with Gasteiger partial charge in [0.1, 0.15) is 0 Å². The predicted octanol–water partition coefficient (Wildman–Crippen LogP) is 5.34. The summed E-state index contributed by atoms with van der Waals surface area (Å²) >= 11 is 0. The summed E-state index contributed by atoms with van der Waals surface area (Å²) in [6.45, 7) is 23.0. The molecule has 1 fully saturated rings. The van der Waals surface area contributed by atoms with Crippen molar-refractivity contribution < 1.29 is 8.42 Å². The van der Waals surface area contributed by atoms with Gasteiger partial charge < -0.3 is 0 Å². The maximum Gasteiger partial charge on any atom is 0.164 e. The Kier molecular flexibility index (Phi) is 6.40. The molecule has 0 atom stereocenters. The molecule has 0 aromatic heterocycles. The van der Waals surface area contributed by atoms with Crippen LogP contribution in [-0.4, -0.2) is 17.9 Å². The lowest BCUT2D eigenvalue weighted by Crippen LogP contribution is -2.80. The van der Waals surface area contributed by atoms with Gasteiger partial charge in [0.2, 0.25) is 0 Å². The molecule has 132 valence electrons. The first-order valence-corrected chi connectivity index (χ1v) is 9.75. The third-order valence-corrected chi connectivity index (χ3v) is 9.16. The fraction of sp³-hybridized carbons (Fsp3) is 0.429. The normalized spacial score (nSPS) is 21.7. The Morgan fingerprint density at radius 2 is 0.792 bits per heavy atom. The molecule has 1 aliphatic rings. The van der Waals surface area contributed by atoms with Crippen LogP contribution in [0.3, 0.4) is 0 Å². The highest BCUT2D eigenvalue weighted by Gasteiger charge is 2.80. The van der Waals surface area contributed by atoms with E-state index in [1.165, 1.54) is 0 Å². The highest BCUT2D eigenvalue weighted by molar-refractivity contribution is 7.95. The number of sulfone groups is 1. The Bertz CT molecular complexity index is 567. The predicted molar refractivity (Wildman–Crippen MR) is 106 cm³/mol. The average Bonchev–Trinajstić information content (AvgIpc) is 2.53. The van der Waals surface area contributed by atoms with Gasteiger partial charge >= 0.3 is 0 Å². The summed E-state index contributed by atoms with van der Waals surface area (Å²) in [6.07, 6.45) is 13.2. The molecule has 1 heterocycles. The standard InChI is InChI=1S/C21H30O2S/c1-7-13-19(14-8-2)20(15-9-3,16-10-4)24(22,23)21(19,17-11-5)18-12-6/h7-12H,1-6,13-18H2. The van der Waals surface area contributed by atoms with E-state index in [4.69, 9.17) is 0 Å². The third-order valence-electron chi connectivity index (χ3n) is 5.65. The summed E-state index contributed by atoms with van der Waals surface area (Å²) in [6, 6.07) is 0. The van der Waals surface area contributed by atoms with Crippen LogP contribution in [0.1, 0.15) is 38.5 Å². The van der Waals surface area contributed by atoms with Crippen molar-refractivity contribution in [3.8, 4) is 0 Å². The van der Waals surface area contributed by atoms with E-state index in [1.54, 1.807) is 24.3 Å². The van der Waals surface area contributed by atoms with E-state index in [0.29, 0.717) is 38.5 Å². The minimum absolute atomic E-state index is 0.388. The van der Waals surface area contributed by atoms with Gasteiger partial charge in [0.15, 0.2) is 9.84 Å². The van der Waals surface area contributed by atoms with Crippen molar-refractivity contribution in [2.24, 2.45) is 5.41 Å². The molecule has 0 unspecified atom stereocenters. The summed E-state index contributed by atoms with van der Waals surface area (Å²) in [4.78, 5) is 0. The van der Waals surface area contributed by atoms with Crippen LogP contribution < -0.4 is 0 Å². The van der Waals surface area contributed by atoms with Crippen LogP contribution in [-0.2, 0) is 9.84 Å². The van der Waals surface area contributed by atoms with Gasteiger partial charge in [0.05, 0.1) is 9.49 Å². The fourth-order valence-corrected chi connectivity index (χ4v) is 8.59. The Labute approximate surface area is 148 Å². The molecule has 1 saturated heterocycles. The first kappa shape index (κ1) is 20.4. The molecule has 0 bridgehead atoms. The lowest BCUT2D eigenvalue weighted by atomic mass is 9.56. The maximum absolute atomic E-state index is 13.7. The zero-order valence-corrected chi connectivity index (χ0v) is 15.5. The van der Waals surface area contributed by atoms with Crippen LogP contribution in [0.25, 0.3) is 0 Å². The second-order valence-electron chi connectivity index (χ2n) is 6.53. The van der Waals surface area contributed by atoms with Crippen molar-refractivity contribution in [1.29, 1.82) is 0 Å². The summed E-state index contributed by atoms with van der Waals surface area (Å²) < 4.78 is 25.5. The Morgan fingerprint density at radius 3 is 1.00 bits per heavy atom. The number of hydrogen-bond donors (Lipinski definition) is 0. The first-order valence-electron chi connectivity index (χ1n) is 8.26. The molecular weight excluding hydrogens is 316 g/mol. The molecule has 0 aromatic rings. The molecule has 0 saturated carbocycles. The van der Waals surface area contributed by atoms with Crippen LogP contribution in [0, 0.1) is 5.41 Å². The molecule has 1 rings (SSSR count). The van der Waals surface area contributed by atoms with E-state index < -0.39 is 24.7 Å². The van der Waals surface area contributed by atoms with E-state index in [9.17, 15) is 8.42 Å². The van der Waals surface area contributed by atoms with Gasteiger partial charge in [-0.25, -0.2) is 8.42 Å². The van der Waals surface area contributed by atoms with Gasteiger partial charge in [-0.3, -0.25) is 0 Å². The van der Waals surface area contributed by atoms with Crippen molar-refractivity contribution in [2.45, 2.75) is 48.0 Å². The topological polar surface area (TPSA) is 34.1 Å². The molecule has 1 aliphatic heterocycles. The molecule has 0 N–H and O–H groups in total. The summed E-state index contributed by atoms with van der Waals surface area (Å²) in [5.74, 6) is 0. The molecule has 0 aromatic carbocycles. The van der Waals surface area contributed by atoms with E-state index in [2.05, 4.69) is 39.5 Å². The Balaban J connectivity index is 3.87. The van der Waals surface area contributed by atoms with Gasteiger partial charge in [-0.2, -0.15) is 0 Å². The quantitative estimate of drug-likeness (QED) is 0.447. The summed E-state index contributed by atoms with van der Waals surface area (Å²) in [5.41, 5.74) is -0.521. The fourth-order valence-electron chi connectivity index (χ4n) is 4.90. The molecule has 0 radical (unpaired) electrons. The van der Waals surface area contributed by atoms with Crippen LogP contribution in [0.2, 0.25) is 0 Å². The second kappa shape index (κ2) is 7.52. The zero-order valence-electron chi connectivity index (χ0n) is 14.7. The first-order chi connectivity index (χ1) is 11.4. The maximum atomic E-state index is 13.7. The lowest BCUT2D eigenvalue weighted by molar-refractivity contribution is 0.0643. The molecule has 0 aliphatic carbocycles. The highest BCUT2D eigenvalue weighted by atomic mass is 32.2. The average molecular weight is 347 g/mol. The van der Waals surface area contributed by atoms with Crippen molar-refractivity contribution >= 4 is 9.84 Å². The minimum atomic E-state index is -3.47. The highest BCUT2D eigenvalue weighted by Crippen LogP contribution is 2.71. The zero-order chi connectivity index (χ0) is 18.5. The molecule has 3 heteroatoms. The van der Waals surface area contributed by atoms with E-state index in [1.807, 2.05) is 12.2 Å². The monoisotopic (exact) mass is 346 g/mol. The SMILES string of the molecule is C=CCC1(CC=C)C(CC=C)(CC=C)S(=O)(=O)C1(CC=C)CC=C. The summed E-state index contributed by atoms with van der Waals surface area (Å²) in [5, 5.41) is 0. The molecule has 2 nitrogen and oxygen atoms in total. The van der Waals surface area contributed by atoms with Crippen LogP contribution in [0.15, 0.2) is 75.9 Å². The van der Waals surface area contributed by atoms with Gasteiger partial charge in [-0.1, -0.05) is 36.5 Å². The van der Waals surface area contributed by atoms with E-state index >= 15 is 0 Å². The van der Waals surface area contributed by atoms with Gasteiger partial charge in [-0.15, -0.1) is 39.5 Å². The molecular formula is C21H30O2S. The van der Waals surface area contributed by atoms with Gasteiger partial charge in [0, 0.05) is 5.41 Å². The van der Waals surface area contributed by atoms with E-state index in [-0.39, 0.29) is 0 Å². The van der Waals surface area contributed by atoms with Gasteiger partial charge in [0.25, 0.3) is 0 Å². The Hall–Kier alpha value is -1.61. The number of rotatable bonds is 12. The lowest BCUT2D eigenvalue weighted by Gasteiger charge is -2.70. The van der Waals surface area contributed by atoms with Crippen LogP contribution >= 0.6 is 0 Å². The van der Waals surface area contributed by atoms with Crippen molar-refractivity contribution in [3.05, 3.63) is 75.9 Å². The third kappa shape index (κ3) is 2.25. The number of allylic oxidation sites excluding steroid dienone is 6. The van der Waals surface area contributed by atoms with Crippen molar-refractivity contribution in [2.75, 3.05) is 0 Å². The smallest absolute Gasteiger partial charge is 0.164 e. The number of hydrogen-bond acceptors (Lipinski definition) is 2. The van der Waals surface area contributed by atoms with E-state index in [0.717, 1.165) is 0 Å².